The number of nitrogen functional groups attached to an aromatic ring is 1. The Morgan fingerprint density at radius 2 is 2.04 bits per heavy atom. The Bertz CT molecular complexity index is 840. The van der Waals surface area contributed by atoms with Crippen LogP contribution in [0.25, 0.3) is 5.65 Å². The van der Waals surface area contributed by atoms with Gasteiger partial charge in [-0.1, -0.05) is 12.1 Å². The van der Waals surface area contributed by atoms with Gasteiger partial charge in [0.25, 0.3) is 0 Å². The second-order valence-electron chi connectivity index (χ2n) is 5.42. The van der Waals surface area contributed by atoms with Crippen LogP contribution in [0.15, 0.2) is 36.5 Å². The summed E-state index contributed by atoms with van der Waals surface area (Å²) in [5, 5.41) is 0. The highest BCUT2D eigenvalue weighted by Gasteiger charge is 2.13. The first-order valence-electron chi connectivity index (χ1n) is 7.65. The second-order valence-corrected chi connectivity index (χ2v) is 5.42. The maximum Gasteiger partial charge on any atom is 0.161 e. The number of benzene rings is 1. The summed E-state index contributed by atoms with van der Waals surface area (Å²) in [6, 6.07) is 9.93. The Balaban J connectivity index is 1.96. The van der Waals surface area contributed by atoms with Crippen LogP contribution in [0.5, 0.6) is 11.5 Å². The second kappa shape index (κ2) is 6.20. The molecule has 0 atom stereocenters. The molecule has 0 radical (unpaired) electrons. The SMILES string of the molecule is CCOc1ccc(Cc2nc3c(C)cccn3c2N)cc1OC. The molecule has 0 aliphatic carbocycles. The maximum atomic E-state index is 6.25. The summed E-state index contributed by atoms with van der Waals surface area (Å²) in [5.74, 6) is 2.15. The van der Waals surface area contributed by atoms with Crippen molar-refractivity contribution >= 4 is 11.5 Å². The minimum Gasteiger partial charge on any atom is -0.493 e. The standard InChI is InChI=1S/C18H21N3O2/c1-4-23-15-8-7-13(11-16(15)22-3)10-14-17(19)21-9-5-6-12(2)18(21)20-14/h5-9,11H,4,10,19H2,1-3H3. The Labute approximate surface area is 135 Å². The van der Waals surface area contributed by atoms with E-state index in [1.54, 1.807) is 7.11 Å². The average molecular weight is 311 g/mol. The van der Waals surface area contributed by atoms with Crippen LogP contribution >= 0.6 is 0 Å². The van der Waals surface area contributed by atoms with E-state index in [9.17, 15) is 0 Å². The number of aryl methyl sites for hydroxylation is 1. The summed E-state index contributed by atoms with van der Waals surface area (Å²) >= 11 is 0. The van der Waals surface area contributed by atoms with Crippen molar-refractivity contribution in [3.8, 4) is 11.5 Å². The molecule has 0 saturated heterocycles. The van der Waals surface area contributed by atoms with Crippen molar-refractivity contribution in [2.75, 3.05) is 19.5 Å². The summed E-state index contributed by atoms with van der Waals surface area (Å²) in [6.07, 6.45) is 2.59. The van der Waals surface area contributed by atoms with Gasteiger partial charge in [0.05, 0.1) is 19.4 Å². The number of nitrogens with zero attached hydrogens (tertiary/aromatic N) is 2. The number of ether oxygens (including phenoxy) is 2. The van der Waals surface area contributed by atoms with Gasteiger partial charge in [-0.25, -0.2) is 4.98 Å². The quantitative estimate of drug-likeness (QED) is 0.786. The predicted octanol–water partition coefficient (Wildman–Crippen LogP) is 3.22. The first-order chi connectivity index (χ1) is 11.1. The van der Waals surface area contributed by atoms with Crippen molar-refractivity contribution in [2.45, 2.75) is 20.3 Å². The fraction of sp³-hybridized carbons (Fsp3) is 0.278. The lowest BCUT2D eigenvalue weighted by atomic mass is 10.1. The van der Waals surface area contributed by atoms with Crippen LogP contribution in [-0.2, 0) is 6.42 Å². The molecule has 5 nitrogen and oxygen atoms in total. The molecule has 120 valence electrons. The summed E-state index contributed by atoms with van der Waals surface area (Å²) in [4.78, 5) is 4.69. The van der Waals surface area contributed by atoms with Gasteiger partial charge in [0.1, 0.15) is 11.5 Å². The van der Waals surface area contributed by atoms with Gasteiger partial charge in [0, 0.05) is 12.6 Å². The lowest BCUT2D eigenvalue weighted by Crippen LogP contribution is -1.99. The van der Waals surface area contributed by atoms with Crippen LogP contribution in [0.2, 0.25) is 0 Å². The third kappa shape index (κ3) is 2.82. The van der Waals surface area contributed by atoms with Gasteiger partial charge >= 0.3 is 0 Å². The lowest BCUT2D eigenvalue weighted by molar-refractivity contribution is 0.310. The Kier molecular flexibility index (Phi) is 4.10. The van der Waals surface area contributed by atoms with Crippen molar-refractivity contribution in [1.29, 1.82) is 0 Å². The average Bonchev–Trinajstić information content (AvgIpc) is 2.87. The van der Waals surface area contributed by atoms with Gasteiger partial charge in [-0.15, -0.1) is 0 Å². The smallest absolute Gasteiger partial charge is 0.161 e. The number of methoxy groups -OCH3 is 1. The zero-order chi connectivity index (χ0) is 16.4. The van der Waals surface area contributed by atoms with Crippen LogP contribution in [0.4, 0.5) is 5.82 Å². The van der Waals surface area contributed by atoms with Crippen LogP contribution in [0, 0.1) is 6.92 Å². The molecule has 0 spiro atoms. The molecule has 0 fully saturated rings. The molecule has 2 aromatic heterocycles. The number of anilines is 1. The Morgan fingerprint density at radius 1 is 1.22 bits per heavy atom. The monoisotopic (exact) mass is 311 g/mol. The molecule has 23 heavy (non-hydrogen) atoms. The molecule has 3 aromatic rings. The van der Waals surface area contributed by atoms with E-state index in [-0.39, 0.29) is 0 Å². The number of fused-ring (bicyclic) bond motifs is 1. The lowest BCUT2D eigenvalue weighted by Gasteiger charge is -2.10. The van der Waals surface area contributed by atoms with E-state index in [0.717, 1.165) is 34.0 Å². The molecule has 0 saturated carbocycles. The maximum absolute atomic E-state index is 6.25. The molecule has 0 aliphatic heterocycles. The number of hydrogen-bond donors (Lipinski definition) is 1. The van der Waals surface area contributed by atoms with Crippen LogP contribution < -0.4 is 15.2 Å². The normalized spacial score (nSPS) is 10.9. The van der Waals surface area contributed by atoms with Gasteiger partial charge in [-0.2, -0.15) is 0 Å². The minimum atomic E-state index is 0.606. The zero-order valence-electron chi connectivity index (χ0n) is 13.7. The van der Waals surface area contributed by atoms with E-state index in [1.165, 1.54) is 0 Å². The van der Waals surface area contributed by atoms with Crippen LogP contribution in [-0.4, -0.2) is 23.1 Å². The topological polar surface area (TPSA) is 61.8 Å². The zero-order valence-corrected chi connectivity index (χ0v) is 13.7. The van der Waals surface area contributed by atoms with Gasteiger partial charge in [-0.3, -0.25) is 4.40 Å². The Morgan fingerprint density at radius 3 is 2.74 bits per heavy atom. The number of imidazole rings is 1. The molecule has 0 bridgehead atoms. The summed E-state index contributed by atoms with van der Waals surface area (Å²) in [6.45, 7) is 4.59. The van der Waals surface area contributed by atoms with Crippen molar-refractivity contribution in [1.82, 2.24) is 9.38 Å². The first-order valence-corrected chi connectivity index (χ1v) is 7.65. The highest BCUT2D eigenvalue weighted by molar-refractivity contribution is 5.58. The van der Waals surface area contributed by atoms with Crippen molar-refractivity contribution < 1.29 is 9.47 Å². The van der Waals surface area contributed by atoms with Gasteiger partial charge < -0.3 is 15.2 Å². The predicted molar refractivity (Wildman–Crippen MR) is 91.3 cm³/mol. The van der Waals surface area contributed by atoms with Crippen molar-refractivity contribution in [2.24, 2.45) is 0 Å². The van der Waals surface area contributed by atoms with Gasteiger partial charge in [0.15, 0.2) is 11.5 Å². The van der Waals surface area contributed by atoms with Crippen molar-refractivity contribution in [3.63, 3.8) is 0 Å². The van der Waals surface area contributed by atoms with E-state index >= 15 is 0 Å². The molecule has 3 rings (SSSR count). The number of rotatable bonds is 5. The fourth-order valence-corrected chi connectivity index (χ4v) is 2.69. The summed E-state index contributed by atoms with van der Waals surface area (Å²) in [5.41, 5.74) is 10.2. The molecule has 0 amide bonds. The number of pyridine rings is 1. The fourth-order valence-electron chi connectivity index (χ4n) is 2.69. The van der Waals surface area contributed by atoms with Gasteiger partial charge in [0.2, 0.25) is 0 Å². The van der Waals surface area contributed by atoms with E-state index in [0.29, 0.717) is 18.8 Å². The van der Waals surface area contributed by atoms with E-state index < -0.39 is 0 Å². The number of hydrogen-bond acceptors (Lipinski definition) is 4. The largest absolute Gasteiger partial charge is 0.493 e. The molecular formula is C18H21N3O2. The van der Waals surface area contributed by atoms with Crippen molar-refractivity contribution in [3.05, 3.63) is 53.3 Å². The third-order valence-electron chi connectivity index (χ3n) is 3.86. The molecule has 1 aromatic carbocycles. The summed E-state index contributed by atoms with van der Waals surface area (Å²) < 4.78 is 12.9. The van der Waals surface area contributed by atoms with E-state index in [4.69, 9.17) is 15.2 Å². The van der Waals surface area contributed by atoms with Gasteiger partial charge in [-0.05, 0) is 43.2 Å². The van der Waals surface area contributed by atoms with Crippen LogP contribution in [0.3, 0.4) is 0 Å². The summed E-state index contributed by atoms with van der Waals surface area (Å²) in [7, 11) is 1.64. The highest BCUT2D eigenvalue weighted by atomic mass is 16.5. The highest BCUT2D eigenvalue weighted by Crippen LogP contribution is 2.29. The third-order valence-corrected chi connectivity index (χ3v) is 3.86. The number of nitrogens with two attached hydrogens (primary N) is 1. The molecular weight excluding hydrogens is 290 g/mol. The molecule has 5 heteroatoms. The molecule has 0 unspecified atom stereocenters. The van der Waals surface area contributed by atoms with E-state index in [2.05, 4.69) is 4.98 Å². The molecule has 2 N–H and O–H groups in total. The number of aromatic nitrogens is 2. The minimum absolute atomic E-state index is 0.606. The molecule has 2 heterocycles. The van der Waals surface area contributed by atoms with Crippen LogP contribution in [0.1, 0.15) is 23.7 Å². The first kappa shape index (κ1) is 15.2. The van der Waals surface area contributed by atoms with E-state index in [1.807, 2.05) is 54.8 Å². The Hall–Kier alpha value is -2.69. The molecule has 0 aliphatic rings.